The fourth-order valence-corrected chi connectivity index (χ4v) is 5.80. The SMILES string of the molecule is O=C(c1ncc(-c2ccc(CN3CCN(CC(O)CN4CCc5ccccc5C4)C3=O)nc2)cn1)N1CCCC1. The lowest BCUT2D eigenvalue weighted by atomic mass is 10.00. The molecular weight excluding hydrogens is 506 g/mol. The van der Waals surface area contributed by atoms with Crippen molar-refractivity contribution < 1.29 is 14.7 Å². The van der Waals surface area contributed by atoms with Crippen molar-refractivity contribution in [2.24, 2.45) is 0 Å². The lowest BCUT2D eigenvalue weighted by Gasteiger charge is -2.31. The Morgan fingerprint density at radius 1 is 0.825 bits per heavy atom. The van der Waals surface area contributed by atoms with E-state index in [9.17, 15) is 14.7 Å². The first-order chi connectivity index (χ1) is 19.5. The second kappa shape index (κ2) is 11.7. The highest BCUT2D eigenvalue weighted by Crippen LogP contribution is 2.21. The van der Waals surface area contributed by atoms with Gasteiger partial charge in [-0.25, -0.2) is 14.8 Å². The highest BCUT2D eigenvalue weighted by molar-refractivity contribution is 5.90. The van der Waals surface area contributed by atoms with Gasteiger partial charge in [0.1, 0.15) is 0 Å². The minimum atomic E-state index is -0.592. The third-order valence-corrected chi connectivity index (χ3v) is 8.04. The number of aromatic nitrogens is 3. The molecule has 0 radical (unpaired) electrons. The van der Waals surface area contributed by atoms with E-state index in [0.717, 1.165) is 62.3 Å². The number of fused-ring (bicyclic) bond motifs is 1. The van der Waals surface area contributed by atoms with Crippen LogP contribution >= 0.6 is 0 Å². The van der Waals surface area contributed by atoms with Crippen LogP contribution in [-0.4, -0.2) is 104 Å². The van der Waals surface area contributed by atoms with Gasteiger partial charge in [0.2, 0.25) is 5.82 Å². The zero-order valence-corrected chi connectivity index (χ0v) is 22.7. The van der Waals surface area contributed by atoms with Gasteiger partial charge < -0.3 is 19.8 Å². The van der Waals surface area contributed by atoms with Crippen molar-refractivity contribution in [3.05, 3.63) is 77.6 Å². The van der Waals surface area contributed by atoms with E-state index in [4.69, 9.17) is 0 Å². The molecule has 1 N–H and O–H groups in total. The fourth-order valence-electron chi connectivity index (χ4n) is 5.80. The summed E-state index contributed by atoms with van der Waals surface area (Å²) < 4.78 is 0. The number of pyridine rings is 1. The summed E-state index contributed by atoms with van der Waals surface area (Å²) in [6.45, 7) is 5.78. The minimum Gasteiger partial charge on any atom is -0.390 e. The number of amides is 3. The van der Waals surface area contributed by atoms with Gasteiger partial charge in [-0.05, 0) is 36.5 Å². The summed E-state index contributed by atoms with van der Waals surface area (Å²) in [6, 6.07) is 12.2. The number of hydrogen-bond acceptors (Lipinski definition) is 7. The van der Waals surface area contributed by atoms with Crippen molar-refractivity contribution in [1.29, 1.82) is 0 Å². The monoisotopic (exact) mass is 541 g/mol. The van der Waals surface area contributed by atoms with Gasteiger partial charge in [0, 0.05) is 82.1 Å². The number of urea groups is 1. The van der Waals surface area contributed by atoms with Gasteiger partial charge in [-0.15, -0.1) is 0 Å². The van der Waals surface area contributed by atoms with Crippen molar-refractivity contribution in [3.63, 3.8) is 0 Å². The molecule has 6 rings (SSSR count). The first kappa shape index (κ1) is 26.3. The smallest absolute Gasteiger partial charge is 0.320 e. The lowest BCUT2D eigenvalue weighted by Crippen LogP contribution is -2.43. The molecule has 0 spiro atoms. The molecule has 2 saturated heterocycles. The maximum absolute atomic E-state index is 13.0. The number of aliphatic hydroxyl groups excluding tert-OH is 1. The number of carbonyl (C=O) groups is 2. The van der Waals surface area contributed by atoms with E-state index < -0.39 is 6.10 Å². The zero-order chi connectivity index (χ0) is 27.5. The van der Waals surface area contributed by atoms with E-state index in [1.54, 1.807) is 33.3 Å². The second-order valence-electron chi connectivity index (χ2n) is 10.9. The average molecular weight is 542 g/mol. The van der Waals surface area contributed by atoms with Crippen molar-refractivity contribution in [1.82, 2.24) is 34.6 Å². The molecule has 5 heterocycles. The average Bonchev–Trinajstić information content (AvgIpc) is 3.64. The Balaban J connectivity index is 0.992. The number of aliphatic hydroxyl groups is 1. The van der Waals surface area contributed by atoms with E-state index >= 15 is 0 Å². The summed E-state index contributed by atoms with van der Waals surface area (Å²) >= 11 is 0. The molecule has 3 amide bonds. The molecule has 208 valence electrons. The summed E-state index contributed by atoms with van der Waals surface area (Å²) in [5, 5.41) is 10.7. The van der Waals surface area contributed by atoms with Crippen LogP contribution in [0.2, 0.25) is 0 Å². The van der Waals surface area contributed by atoms with Crippen LogP contribution < -0.4 is 0 Å². The highest BCUT2D eigenvalue weighted by Gasteiger charge is 2.31. The zero-order valence-electron chi connectivity index (χ0n) is 22.7. The number of β-amino-alcohol motifs (C(OH)–C–C–N with tert-alkyl or cyclic N) is 1. The maximum Gasteiger partial charge on any atom is 0.320 e. The van der Waals surface area contributed by atoms with E-state index in [2.05, 4.69) is 44.1 Å². The molecule has 0 aliphatic carbocycles. The summed E-state index contributed by atoms with van der Waals surface area (Å²) in [4.78, 5) is 46.2. The van der Waals surface area contributed by atoms with Crippen molar-refractivity contribution in [2.45, 2.75) is 38.5 Å². The second-order valence-corrected chi connectivity index (χ2v) is 10.9. The molecule has 10 nitrogen and oxygen atoms in total. The highest BCUT2D eigenvalue weighted by atomic mass is 16.3. The molecule has 10 heteroatoms. The Labute approximate surface area is 234 Å². The molecule has 3 aliphatic rings. The molecule has 1 atom stereocenters. The molecule has 2 fully saturated rings. The summed E-state index contributed by atoms with van der Waals surface area (Å²) in [5.41, 5.74) is 5.12. The Bertz CT molecular complexity index is 1340. The summed E-state index contributed by atoms with van der Waals surface area (Å²) in [6.07, 6.45) is 7.51. The Morgan fingerprint density at radius 3 is 2.30 bits per heavy atom. The molecule has 2 aromatic heterocycles. The molecule has 40 heavy (non-hydrogen) atoms. The molecular formula is C30H35N7O3. The number of carbonyl (C=O) groups excluding carboxylic acids is 2. The van der Waals surface area contributed by atoms with E-state index in [-0.39, 0.29) is 17.8 Å². The first-order valence-corrected chi connectivity index (χ1v) is 14.1. The predicted molar refractivity (Wildman–Crippen MR) is 149 cm³/mol. The van der Waals surface area contributed by atoms with Gasteiger partial charge in [-0.3, -0.25) is 14.7 Å². The molecule has 0 bridgehead atoms. The normalized spacial score (nSPS) is 18.3. The van der Waals surface area contributed by atoms with Gasteiger partial charge in [-0.1, -0.05) is 30.3 Å². The standard InChI is InChI=1S/C30H35N7O3/c38-27(20-34-12-9-22-5-1-2-6-24(22)18-34)21-37-14-13-36(30(37)40)19-26-8-7-23(15-31-26)25-16-32-28(33-17-25)29(39)35-10-3-4-11-35/h1-2,5-8,15-17,27,38H,3-4,9-14,18-21H2. The topological polar surface area (TPSA) is 106 Å². The van der Waals surface area contributed by atoms with Gasteiger partial charge in [-0.2, -0.15) is 0 Å². The molecule has 0 saturated carbocycles. The molecule has 1 aromatic carbocycles. The van der Waals surface area contributed by atoms with Crippen molar-refractivity contribution in [2.75, 3.05) is 45.8 Å². The molecule has 3 aliphatic heterocycles. The largest absolute Gasteiger partial charge is 0.390 e. The third kappa shape index (κ3) is 5.83. The van der Waals surface area contributed by atoms with E-state index in [1.165, 1.54) is 11.1 Å². The van der Waals surface area contributed by atoms with Crippen LogP contribution in [-0.2, 0) is 19.5 Å². The predicted octanol–water partition coefficient (Wildman–Crippen LogP) is 2.43. The summed E-state index contributed by atoms with van der Waals surface area (Å²) in [5.74, 6) is 0.102. The van der Waals surface area contributed by atoms with Gasteiger partial charge in [0.05, 0.1) is 18.3 Å². The van der Waals surface area contributed by atoms with Crippen LogP contribution in [0.3, 0.4) is 0 Å². The van der Waals surface area contributed by atoms with Crippen LogP contribution in [0.1, 0.15) is 40.3 Å². The number of benzene rings is 1. The molecule has 1 unspecified atom stereocenters. The van der Waals surface area contributed by atoms with Crippen LogP contribution in [0.4, 0.5) is 4.79 Å². The number of nitrogens with zero attached hydrogens (tertiary/aromatic N) is 7. The van der Waals surface area contributed by atoms with Crippen molar-refractivity contribution >= 4 is 11.9 Å². The van der Waals surface area contributed by atoms with E-state index in [0.29, 0.717) is 32.7 Å². The van der Waals surface area contributed by atoms with Gasteiger partial charge in [0.15, 0.2) is 0 Å². The van der Waals surface area contributed by atoms with Crippen LogP contribution in [0.25, 0.3) is 11.1 Å². The third-order valence-electron chi connectivity index (χ3n) is 8.04. The first-order valence-electron chi connectivity index (χ1n) is 14.1. The quantitative estimate of drug-likeness (QED) is 0.467. The minimum absolute atomic E-state index is 0.0689. The van der Waals surface area contributed by atoms with Gasteiger partial charge in [0.25, 0.3) is 5.91 Å². The fraction of sp³-hybridized carbons (Fsp3) is 0.433. The van der Waals surface area contributed by atoms with E-state index in [1.807, 2.05) is 12.1 Å². The maximum atomic E-state index is 13.0. The van der Waals surface area contributed by atoms with Gasteiger partial charge >= 0.3 is 6.03 Å². The van der Waals surface area contributed by atoms with Crippen LogP contribution in [0, 0.1) is 0 Å². The molecule has 3 aromatic rings. The van der Waals surface area contributed by atoms with Crippen LogP contribution in [0.15, 0.2) is 55.0 Å². The summed E-state index contributed by atoms with van der Waals surface area (Å²) in [7, 11) is 0. The number of rotatable bonds is 8. The Morgan fingerprint density at radius 2 is 1.55 bits per heavy atom. The Hall–Kier alpha value is -3.89. The van der Waals surface area contributed by atoms with Crippen LogP contribution in [0.5, 0.6) is 0 Å². The Kier molecular flexibility index (Phi) is 7.70. The van der Waals surface area contributed by atoms with Crippen molar-refractivity contribution in [3.8, 4) is 11.1 Å². The lowest BCUT2D eigenvalue weighted by molar-refractivity contribution is 0.0780. The number of likely N-dealkylation sites (tertiary alicyclic amines) is 1. The number of hydrogen-bond donors (Lipinski definition) is 1.